The van der Waals surface area contributed by atoms with Crippen LogP contribution in [0.3, 0.4) is 0 Å². The standard InChI is InChI=1S/C17H17BrO4S/c1-11-8-15(9-12(2)17(11)16(19)10-18)23(20,21)14-6-4-13(22-3)5-7-14/h4-9H,10H2,1-3H3. The van der Waals surface area contributed by atoms with Gasteiger partial charge in [-0.1, -0.05) is 15.9 Å². The van der Waals surface area contributed by atoms with Crippen LogP contribution in [-0.2, 0) is 9.84 Å². The monoisotopic (exact) mass is 396 g/mol. The molecule has 6 heteroatoms. The molecule has 0 unspecified atom stereocenters. The molecule has 0 saturated carbocycles. The summed E-state index contributed by atoms with van der Waals surface area (Å²) in [6.07, 6.45) is 0. The first-order chi connectivity index (χ1) is 10.8. The highest BCUT2D eigenvalue weighted by Crippen LogP contribution is 2.27. The van der Waals surface area contributed by atoms with E-state index in [1.807, 2.05) is 0 Å². The molecule has 0 aliphatic rings. The smallest absolute Gasteiger partial charge is 0.206 e. The second-order valence-electron chi connectivity index (χ2n) is 5.17. The molecule has 122 valence electrons. The van der Waals surface area contributed by atoms with E-state index in [9.17, 15) is 13.2 Å². The molecule has 0 aliphatic heterocycles. The number of hydrogen-bond donors (Lipinski definition) is 0. The summed E-state index contributed by atoms with van der Waals surface area (Å²) in [7, 11) is -2.11. The lowest BCUT2D eigenvalue weighted by Crippen LogP contribution is -2.09. The van der Waals surface area contributed by atoms with Crippen LogP contribution in [0.15, 0.2) is 46.2 Å². The summed E-state index contributed by atoms with van der Waals surface area (Å²) in [5.74, 6) is 0.531. The summed E-state index contributed by atoms with van der Waals surface area (Å²) in [6.45, 7) is 3.49. The van der Waals surface area contributed by atoms with Crippen LogP contribution in [0.25, 0.3) is 0 Å². The Balaban J connectivity index is 2.54. The van der Waals surface area contributed by atoms with Gasteiger partial charge in [-0.05, 0) is 61.4 Å². The van der Waals surface area contributed by atoms with E-state index in [-0.39, 0.29) is 20.9 Å². The molecule has 0 aromatic heterocycles. The molecule has 2 aromatic carbocycles. The Bertz CT molecular complexity index is 816. The third-order valence-corrected chi connectivity index (χ3v) is 5.84. The van der Waals surface area contributed by atoms with Gasteiger partial charge in [0.05, 0.1) is 22.2 Å². The first kappa shape index (κ1) is 17.7. The molecule has 23 heavy (non-hydrogen) atoms. The van der Waals surface area contributed by atoms with Crippen molar-refractivity contribution in [3.05, 3.63) is 53.1 Å². The van der Waals surface area contributed by atoms with E-state index in [4.69, 9.17) is 4.74 Å². The zero-order valence-corrected chi connectivity index (χ0v) is 15.5. The summed E-state index contributed by atoms with van der Waals surface area (Å²) < 4.78 is 30.6. The maximum absolute atomic E-state index is 12.8. The summed E-state index contributed by atoms with van der Waals surface area (Å²) in [6, 6.07) is 9.32. The van der Waals surface area contributed by atoms with Gasteiger partial charge < -0.3 is 4.74 Å². The second-order valence-corrected chi connectivity index (χ2v) is 7.68. The second kappa shape index (κ2) is 6.84. The quantitative estimate of drug-likeness (QED) is 0.570. The van der Waals surface area contributed by atoms with Crippen molar-refractivity contribution >= 4 is 31.6 Å². The first-order valence-corrected chi connectivity index (χ1v) is 9.51. The highest BCUT2D eigenvalue weighted by atomic mass is 79.9. The highest BCUT2D eigenvalue weighted by Gasteiger charge is 2.21. The Hall–Kier alpha value is -1.66. The van der Waals surface area contributed by atoms with Crippen molar-refractivity contribution < 1.29 is 17.9 Å². The normalized spacial score (nSPS) is 11.3. The molecular formula is C17H17BrO4S. The van der Waals surface area contributed by atoms with Gasteiger partial charge >= 0.3 is 0 Å². The number of halogens is 1. The summed E-state index contributed by atoms with van der Waals surface area (Å²) in [5.41, 5.74) is 1.87. The molecule has 4 nitrogen and oxygen atoms in total. The molecule has 0 amide bonds. The Morgan fingerprint density at radius 2 is 1.57 bits per heavy atom. The number of carbonyl (C=O) groups is 1. The molecular weight excluding hydrogens is 380 g/mol. The third-order valence-electron chi connectivity index (χ3n) is 3.59. The third kappa shape index (κ3) is 3.48. The van der Waals surface area contributed by atoms with Crippen LogP contribution in [0, 0.1) is 13.8 Å². The van der Waals surface area contributed by atoms with Crippen LogP contribution in [-0.4, -0.2) is 26.6 Å². The van der Waals surface area contributed by atoms with Gasteiger partial charge in [0.15, 0.2) is 5.78 Å². The van der Waals surface area contributed by atoms with E-state index in [1.54, 1.807) is 38.1 Å². The zero-order chi connectivity index (χ0) is 17.2. The molecule has 2 rings (SSSR count). The number of rotatable bonds is 5. The average Bonchev–Trinajstić information content (AvgIpc) is 2.53. The molecule has 0 atom stereocenters. The number of carbonyl (C=O) groups excluding carboxylic acids is 1. The lowest BCUT2D eigenvalue weighted by Gasteiger charge is -2.12. The molecule has 2 aromatic rings. The van der Waals surface area contributed by atoms with Crippen LogP contribution in [0.2, 0.25) is 0 Å². The topological polar surface area (TPSA) is 60.4 Å². The number of methoxy groups -OCH3 is 1. The molecule has 0 spiro atoms. The number of benzene rings is 2. The van der Waals surface area contributed by atoms with E-state index in [1.165, 1.54) is 19.2 Å². The maximum atomic E-state index is 12.8. The van der Waals surface area contributed by atoms with Crippen LogP contribution < -0.4 is 4.74 Å². The zero-order valence-electron chi connectivity index (χ0n) is 13.1. The summed E-state index contributed by atoms with van der Waals surface area (Å²) in [4.78, 5) is 12.3. The minimum atomic E-state index is -3.64. The Labute approximate surface area is 144 Å². The van der Waals surface area contributed by atoms with Gasteiger partial charge in [-0.2, -0.15) is 0 Å². The number of ketones is 1. The van der Waals surface area contributed by atoms with Gasteiger partial charge in [0.1, 0.15) is 5.75 Å². The van der Waals surface area contributed by atoms with Crippen molar-refractivity contribution in [3.63, 3.8) is 0 Å². The SMILES string of the molecule is COc1ccc(S(=O)(=O)c2cc(C)c(C(=O)CBr)c(C)c2)cc1. The number of ether oxygens (including phenoxy) is 1. The molecule has 0 heterocycles. The number of hydrogen-bond acceptors (Lipinski definition) is 4. The molecule has 0 radical (unpaired) electrons. The van der Waals surface area contributed by atoms with Crippen molar-refractivity contribution in [1.82, 2.24) is 0 Å². The highest BCUT2D eigenvalue weighted by molar-refractivity contribution is 9.09. The predicted octanol–water partition coefficient (Wildman–Crippen LogP) is 3.72. The van der Waals surface area contributed by atoms with E-state index in [0.29, 0.717) is 22.4 Å². The van der Waals surface area contributed by atoms with Gasteiger partial charge in [0.25, 0.3) is 0 Å². The predicted molar refractivity (Wildman–Crippen MR) is 92.5 cm³/mol. The number of sulfone groups is 1. The van der Waals surface area contributed by atoms with Gasteiger partial charge in [-0.25, -0.2) is 8.42 Å². The minimum Gasteiger partial charge on any atom is -0.497 e. The van der Waals surface area contributed by atoms with Crippen LogP contribution in [0.1, 0.15) is 21.5 Å². The van der Waals surface area contributed by atoms with Crippen LogP contribution >= 0.6 is 15.9 Å². The first-order valence-electron chi connectivity index (χ1n) is 6.90. The van der Waals surface area contributed by atoms with E-state index in [0.717, 1.165) is 0 Å². The number of aryl methyl sites for hydroxylation is 2. The van der Waals surface area contributed by atoms with Gasteiger partial charge in [0.2, 0.25) is 9.84 Å². The van der Waals surface area contributed by atoms with Gasteiger partial charge in [-0.15, -0.1) is 0 Å². The molecule has 0 fully saturated rings. The molecule has 0 saturated heterocycles. The van der Waals surface area contributed by atoms with Crippen LogP contribution in [0.4, 0.5) is 0 Å². The molecule has 0 N–H and O–H groups in total. The Morgan fingerprint density at radius 3 is 2.00 bits per heavy atom. The fourth-order valence-electron chi connectivity index (χ4n) is 2.48. The van der Waals surface area contributed by atoms with E-state index in [2.05, 4.69) is 15.9 Å². The lowest BCUT2D eigenvalue weighted by molar-refractivity contribution is 0.102. The lowest BCUT2D eigenvalue weighted by atomic mass is 10.00. The number of alkyl halides is 1. The van der Waals surface area contributed by atoms with E-state index >= 15 is 0 Å². The molecule has 0 bridgehead atoms. The van der Waals surface area contributed by atoms with Gasteiger partial charge in [-0.3, -0.25) is 4.79 Å². The van der Waals surface area contributed by atoms with Crippen molar-refractivity contribution in [2.75, 3.05) is 12.4 Å². The Morgan fingerprint density at radius 1 is 1.04 bits per heavy atom. The summed E-state index contributed by atoms with van der Waals surface area (Å²) >= 11 is 3.15. The Kier molecular flexibility index (Phi) is 5.26. The van der Waals surface area contributed by atoms with Crippen molar-refractivity contribution in [2.45, 2.75) is 23.6 Å². The fourth-order valence-corrected chi connectivity index (χ4v) is 4.19. The van der Waals surface area contributed by atoms with Crippen molar-refractivity contribution in [1.29, 1.82) is 0 Å². The number of Topliss-reactive ketones (excluding diaryl/α,β-unsaturated/α-hetero) is 1. The maximum Gasteiger partial charge on any atom is 0.206 e. The molecule has 0 aliphatic carbocycles. The van der Waals surface area contributed by atoms with Crippen molar-refractivity contribution in [2.24, 2.45) is 0 Å². The van der Waals surface area contributed by atoms with Crippen molar-refractivity contribution in [3.8, 4) is 5.75 Å². The average molecular weight is 397 g/mol. The fraction of sp³-hybridized carbons (Fsp3) is 0.235. The van der Waals surface area contributed by atoms with Gasteiger partial charge in [0, 0.05) is 5.56 Å². The largest absolute Gasteiger partial charge is 0.497 e. The van der Waals surface area contributed by atoms with Crippen LogP contribution in [0.5, 0.6) is 5.75 Å². The van der Waals surface area contributed by atoms with E-state index < -0.39 is 9.84 Å². The minimum absolute atomic E-state index is 0.0617. The summed E-state index contributed by atoms with van der Waals surface area (Å²) in [5, 5.41) is 0.208.